The van der Waals surface area contributed by atoms with E-state index in [-0.39, 0.29) is 5.52 Å². The molecule has 0 aliphatic carbocycles. The van der Waals surface area contributed by atoms with Crippen molar-refractivity contribution in [3.05, 3.63) is 87.7 Å². The fraction of sp³-hybridized carbons (Fsp3) is 0.0476. The van der Waals surface area contributed by atoms with Gasteiger partial charge in [-0.25, -0.2) is 8.91 Å². The summed E-state index contributed by atoms with van der Waals surface area (Å²) in [5.74, 6) is -0.425. The van der Waals surface area contributed by atoms with Crippen LogP contribution < -0.4 is 5.56 Å². The molecule has 0 saturated carbocycles. The highest BCUT2D eigenvalue weighted by Gasteiger charge is 2.17. The van der Waals surface area contributed by atoms with Crippen LogP contribution in [0.15, 0.2) is 65.6 Å². The Bertz CT molecular complexity index is 1460. The molecule has 0 aliphatic heterocycles. The lowest BCUT2D eigenvalue weighted by molar-refractivity contribution is 0.626. The maximum atomic E-state index is 13.6. The smallest absolute Gasteiger partial charge is 0.282 e. The molecule has 0 fully saturated rings. The summed E-state index contributed by atoms with van der Waals surface area (Å²) >= 11 is 5.99. The zero-order valence-corrected chi connectivity index (χ0v) is 15.9. The molecule has 5 rings (SSSR count). The Hall–Kier alpha value is -3.58. The van der Waals surface area contributed by atoms with Crippen molar-refractivity contribution >= 4 is 28.3 Å². The van der Waals surface area contributed by atoms with Gasteiger partial charge in [-0.3, -0.25) is 9.36 Å². The minimum Gasteiger partial charge on any atom is -0.282 e. The number of benzene rings is 2. The molecule has 0 radical (unpaired) electrons. The van der Waals surface area contributed by atoms with Gasteiger partial charge in [-0.05, 0) is 48.9 Å². The number of rotatable bonds is 2. The highest BCUT2D eigenvalue weighted by atomic mass is 35.5. The Morgan fingerprint density at radius 2 is 1.83 bits per heavy atom. The summed E-state index contributed by atoms with van der Waals surface area (Å²) in [5, 5.41) is 13.6. The van der Waals surface area contributed by atoms with Crippen LogP contribution in [0.1, 0.15) is 5.69 Å². The Morgan fingerprint density at radius 1 is 1.03 bits per heavy atom. The van der Waals surface area contributed by atoms with Gasteiger partial charge >= 0.3 is 0 Å². The van der Waals surface area contributed by atoms with Gasteiger partial charge < -0.3 is 0 Å². The van der Waals surface area contributed by atoms with Crippen molar-refractivity contribution in [3.8, 4) is 16.8 Å². The largest absolute Gasteiger partial charge is 0.285 e. The number of aromatic nitrogens is 5. The summed E-state index contributed by atoms with van der Waals surface area (Å²) in [5.41, 5.74) is 3.71. The van der Waals surface area contributed by atoms with E-state index < -0.39 is 11.4 Å². The summed E-state index contributed by atoms with van der Waals surface area (Å²) in [6.45, 7) is 1.87. The van der Waals surface area contributed by atoms with E-state index in [1.165, 1.54) is 16.7 Å². The van der Waals surface area contributed by atoms with E-state index in [4.69, 9.17) is 11.6 Å². The van der Waals surface area contributed by atoms with Gasteiger partial charge in [0, 0.05) is 11.2 Å². The summed E-state index contributed by atoms with van der Waals surface area (Å²) < 4.78 is 16.5. The Kier molecular flexibility index (Phi) is 3.92. The molecule has 2 aromatic carbocycles. The van der Waals surface area contributed by atoms with Crippen LogP contribution in [0.25, 0.3) is 33.5 Å². The minimum atomic E-state index is -0.425. The monoisotopic (exact) mass is 405 g/mol. The standard InChI is InChI=1S/C21H13ClFN5O/c1-12-18(13-5-7-14(22)8-6-13)20-25-24-19-17(28(20)26-12)9-10-27(21(19)29)16-4-2-3-15(23)11-16/h2-11H,1H3. The summed E-state index contributed by atoms with van der Waals surface area (Å²) in [4.78, 5) is 13.0. The number of hydrogen-bond donors (Lipinski definition) is 0. The van der Waals surface area contributed by atoms with Crippen LogP contribution in [-0.4, -0.2) is 24.4 Å². The van der Waals surface area contributed by atoms with Gasteiger partial charge in [-0.1, -0.05) is 29.8 Å². The van der Waals surface area contributed by atoms with Crippen molar-refractivity contribution in [3.63, 3.8) is 0 Å². The summed E-state index contributed by atoms with van der Waals surface area (Å²) in [6, 6.07) is 14.9. The van der Waals surface area contributed by atoms with Crippen LogP contribution in [-0.2, 0) is 0 Å². The van der Waals surface area contributed by atoms with E-state index in [0.29, 0.717) is 21.9 Å². The second-order valence-corrected chi connectivity index (χ2v) is 7.04. The number of aryl methyl sites for hydroxylation is 1. The first-order valence-corrected chi connectivity index (χ1v) is 9.20. The molecular formula is C21H13ClFN5O. The third-order valence-corrected chi connectivity index (χ3v) is 5.03. The van der Waals surface area contributed by atoms with Crippen LogP contribution in [0, 0.1) is 12.7 Å². The number of halogens is 2. The molecule has 3 aromatic heterocycles. The van der Waals surface area contributed by atoms with Gasteiger partial charge in [-0.2, -0.15) is 5.10 Å². The SMILES string of the molecule is Cc1nn2c(nnc3c(=O)n(-c4cccc(F)c4)ccc32)c1-c1ccc(Cl)cc1. The van der Waals surface area contributed by atoms with Crippen molar-refractivity contribution in [2.75, 3.05) is 0 Å². The van der Waals surface area contributed by atoms with E-state index in [1.54, 1.807) is 41.0 Å². The Labute approximate surface area is 168 Å². The van der Waals surface area contributed by atoms with E-state index >= 15 is 0 Å². The van der Waals surface area contributed by atoms with E-state index in [1.807, 2.05) is 19.1 Å². The Morgan fingerprint density at radius 3 is 2.59 bits per heavy atom. The van der Waals surface area contributed by atoms with Crippen LogP contribution in [0.4, 0.5) is 4.39 Å². The van der Waals surface area contributed by atoms with Crippen molar-refractivity contribution in [1.82, 2.24) is 24.4 Å². The molecule has 0 amide bonds. The molecule has 29 heavy (non-hydrogen) atoms. The lowest BCUT2D eigenvalue weighted by Crippen LogP contribution is -2.20. The van der Waals surface area contributed by atoms with E-state index in [2.05, 4.69) is 15.3 Å². The van der Waals surface area contributed by atoms with E-state index in [0.717, 1.165) is 16.8 Å². The zero-order chi connectivity index (χ0) is 20.1. The normalized spacial score (nSPS) is 11.4. The molecule has 0 atom stereocenters. The first kappa shape index (κ1) is 17.5. The second kappa shape index (κ2) is 6.49. The Balaban J connectivity index is 1.76. The molecule has 5 aromatic rings. The van der Waals surface area contributed by atoms with Crippen LogP contribution in [0.2, 0.25) is 5.02 Å². The van der Waals surface area contributed by atoms with Crippen LogP contribution in [0.3, 0.4) is 0 Å². The van der Waals surface area contributed by atoms with Crippen molar-refractivity contribution in [2.24, 2.45) is 0 Å². The number of nitrogens with zero attached hydrogens (tertiary/aromatic N) is 5. The van der Waals surface area contributed by atoms with Gasteiger partial charge in [0.25, 0.3) is 5.56 Å². The highest BCUT2D eigenvalue weighted by Crippen LogP contribution is 2.29. The molecule has 0 saturated heterocycles. The average molecular weight is 406 g/mol. The number of pyridine rings is 1. The van der Waals surface area contributed by atoms with E-state index in [9.17, 15) is 9.18 Å². The van der Waals surface area contributed by atoms with Gasteiger partial charge in [0.1, 0.15) is 11.3 Å². The number of hydrogen-bond acceptors (Lipinski definition) is 4. The maximum Gasteiger partial charge on any atom is 0.285 e. The molecule has 8 heteroatoms. The van der Waals surface area contributed by atoms with Gasteiger partial charge in [0.05, 0.1) is 16.9 Å². The fourth-order valence-corrected chi connectivity index (χ4v) is 3.56. The molecule has 3 heterocycles. The molecule has 0 N–H and O–H groups in total. The number of fused-ring (bicyclic) bond motifs is 3. The van der Waals surface area contributed by atoms with Crippen molar-refractivity contribution in [1.29, 1.82) is 0 Å². The topological polar surface area (TPSA) is 65.1 Å². The molecule has 0 bridgehead atoms. The zero-order valence-electron chi connectivity index (χ0n) is 15.2. The highest BCUT2D eigenvalue weighted by molar-refractivity contribution is 6.30. The second-order valence-electron chi connectivity index (χ2n) is 6.61. The fourth-order valence-electron chi connectivity index (χ4n) is 3.44. The first-order valence-electron chi connectivity index (χ1n) is 8.82. The molecule has 0 unspecified atom stereocenters. The van der Waals surface area contributed by atoms with Gasteiger partial charge in [-0.15, -0.1) is 10.2 Å². The van der Waals surface area contributed by atoms with Gasteiger partial charge in [0.15, 0.2) is 11.2 Å². The first-order chi connectivity index (χ1) is 14.0. The van der Waals surface area contributed by atoms with Crippen molar-refractivity contribution in [2.45, 2.75) is 6.92 Å². The minimum absolute atomic E-state index is 0.148. The molecular weight excluding hydrogens is 393 g/mol. The lowest BCUT2D eigenvalue weighted by atomic mass is 10.1. The average Bonchev–Trinajstić information content (AvgIpc) is 3.05. The molecule has 0 spiro atoms. The molecule has 6 nitrogen and oxygen atoms in total. The van der Waals surface area contributed by atoms with Crippen molar-refractivity contribution < 1.29 is 4.39 Å². The third kappa shape index (κ3) is 2.78. The predicted molar refractivity (Wildman–Crippen MR) is 109 cm³/mol. The summed E-state index contributed by atoms with van der Waals surface area (Å²) in [7, 11) is 0. The third-order valence-electron chi connectivity index (χ3n) is 4.77. The predicted octanol–water partition coefficient (Wildman–Crippen LogP) is 4.20. The van der Waals surface area contributed by atoms with Gasteiger partial charge in [0.2, 0.25) is 0 Å². The van der Waals surface area contributed by atoms with Crippen LogP contribution >= 0.6 is 11.6 Å². The maximum absolute atomic E-state index is 13.6. The quantitative estimate of drug-likeness (QED) is 0.441. The van der Waals surface area contributed by atoms with Crippen LogP contribution in [0.5, 0.6) is 0 Å². The molecule has 0 aliphatic rings. The lowest BCUT2D eigenvalue weighted by Gasteiger charge is -2.07. The molecule has 142 valence electrons. The summed E-state index contributed by atoms with van der Waals surface area (Å²) in [6.07, 6.45) is 1.58.